The van der Waals surface area contributed by atoms with Crippen molar-refractivity contribution in [2.45, 2.75) is 32.7 Å². The first kappa shape index (κ1) is 25.0. The third kappa shape index (κ3) is 7.31. The summed E-state index contributed by atoms with van der Waals surface area (Å²) in [6.45, 7) is 9.62. The molecule has 1 aromatic carbocycles. The number of ether oxygens (including phenoxy) is 1. The molecule has 0 radical (unpaired) electrons. The van der Waals surface area contributed by atoms with E-state index >= 15 is 0 Å². The molecule has 1 fully saturated rings. The topological polar surface area (TPSA) is 44.8 Å². The molecule has 1 amide bonds. The number of carbonyl (C=O) groups excluding carboxylic acids is 1. The highest BCUT2D eigenvalue weighted by Crippen LogP contribution is 2.17. The fourth-order valence-corrected chi connectivity index (χ4v) is 3.11. The molecule has 1 aliphatic rings. The Morgan fingerprint density at radius 2 is 1.88 bits per heavy atom. The van der Waals surface area contributed by atoms with E-state index in [0.29, 0.717) is 12.6 Å². The second-order valence-electron chi connectivity index (χ2n) is 6.28. The quantitative estimate of drug-likeness (QED) is 0.721. The number of likely N-dealkylation sites (N-methyl/N-ethyl adjacent to an activating group) is 2. The van der Waals surface area contributed by atoms with Crippen LogP contribution in [0.1, 0.15) is 37.0 Å². The Balaban J connectivity index is 0.00000312. The highest BCUT2D eigenvalue weighted by molar-refractivity contribution is 5.94. The van der Waals surface area contributed by atoms with Gasteiger partial charge in [-0.05, 0) is 57.2 Å². The third-order valence-corrected chi connectivity index (χ3v) is 4.79. The number of carbonyl (C=O) groups is 1. The lowest BCUT2D eigenvalue weighted by Crippen LogP contribution is -2.46. The maximum Gasteiger partial charge on any atom is 0.253 e. The number of halogens is 2. The Morgan fingerprint density at radius 1 is 1.23 bits per heavy atom. The average molecular weight is 406 g/mol. The van der Waals surface area contributed by atoms with Gasteiger partial charge < -0.3 is 19.9 Å². The third-order valence-electron chi connectivity index (χ3n) is 4.79. The first-order chi connectivity index (χ1) is 11.7. The molecule has 1 aliphatic heterocycles. The predicted molar refractivity (Wildman–Crippen MR) is 112 cm³/mol. The number of benzene rings is 1. The van der Waals surface area contributed by atoms with Crippen molar-refractivity contribution in [1.29, 1.82) is 0 Å². The van der Waals surface area contributed by atoms with Gasteiger partial charge in [0, 0.05) is 31.2 Å². The summed E-state index contributed by atoms with van der Waals surface area (Å²) in [6.07, 6.45) is 2.20. The van der Waals surface area contributed by atoms with E-state index in [1.807, 2.05) is 36.2 Å². The lowest BCUT2D eigenvalue weighted by Gasteiger charge is -2.32. The van der Waals surface area contributed by atoms with Gasteiger partial charge in [0.05, 0.1) is 0 Å². The second-order valence-corrected chi connectivity index (χ2v) is 6.28. The fraction of sp³-hybridized carbons (Fsp3) is 0.632. The molecule has 5 nitrogen and oxygen atoms in total. The number of hydrogen-bond donors (Lipinski definition) is 1. The van der Waals surface area contributed by atoms with Crippen molar-refractivity contribution in [3.05, 3.63) is 29.8 Å². The van der Waals surface area contributed by atoms with Crippen molar-refractivity contribution in [1.82, 2.24) is 15.1 Å². The molecule has 0 spiro atoms. The Morgan fingerprint density at radius 3 is 2.46 bits per heavy atom. The van der Waals surface area contributed by atoms with Crippen molar-refractivity contribution in [2.24, 2.45) is 0 Å². The van der Waals surface area contributed by atoms with Gasteiger partial charge in [-0.25, -0.2) is 0 Å². The molecule has 2 rings (SSSR count). The summed E-state index contributed by atoms with van der Waals surface area (Å²) in [5.74, 6) is 0.940. The van der Waals surface area contributed by atoms with E-state index in [0.717, 1.165) is 56.9 Å². The zero-order chi connectivity index (χ0) is 17.4. The number of rotatable bonds is 8. The average Bonchev–Trinajstić information content (AvgIpc) is 2.65. The van der Waals surface area contributed by atoms with Crippen molar-refractivity contribution in [3.8, 4) is 5.75 Å². The fourth-order valence-electron chi connectivity index (χ4n) is 3.11. The molecule has 7 heteroatoms. The van der Waals surface area contributed by atoms with E-state index in [1.54, 1.807) is 0 Å². The van der Waals surface area contributed by atoms with Crippen LogP contribution in [0, 0.1) is 0 Å². The summed E-state index contributed by atoms with van der Waals surface area (Å²) < 4.78 is 5.78. The minimum atomic E-state index is 0. The molecule has 1 saturated heterocycles. The molecule has 1 atom stereocenters. The summed E-state index contributed by atoms with van der Waals surface area (Å²) in [4.78, 5) is 16.9. The smallest absolute Gasteiger partial charge is 0.253 e. The Hall–Kier alpha value is -1.01. The van der Waals surface area contributed by atoms with Crippen LogP contribution in [0.4, 0.5) is 0 Å². The molecular weight excluding hydrogens is 373 g/mol. The molecule has 1 heterocycles. The highest BCUT2D eigenvalue weighted by atomic mass is 35.5. The number of amides is 1. The summed E-state index contributed by atoms with van der Waals surface area (Å²) in [5, 5.41) is 3.27. The van der Waals surface area contributed by atoms with Crippen LogP contribution in [0.2, 0.25) is 0 Å². The van der Waals surface area contributed by atoms with Crippen molar-refractivity contribution >= 4 is 30.7 Å². The van der Waals surface area contributed by atoms with Gasteiger partial charge in [0.1, 0.15) is 12.4 Å². The number of hydrogen-bond acceptors (Lipinski definition) is 4. The first-order valence-electron chi connectivity index (χ1n) is 9.09. The van der Waals surface area contributed by atoms with Crippen LogP contribution in [0.15, 0.2) is 24.3 Å². The molecule has 1 N–H and O–H groups in total. The molecule has 0 aromatic heterocycles. The number of piperidine rings is 1. The Labute approximate surface area is 170 Å². The summed E-state index contributed by atoms with van der Waals surface area (Å²) in [5.41, 5.74) is 0.739. The van der Waals surface area contributed by atoms with Crippen molar-refractivity contribution in [3.63, 3.8) is 0 Å². The standard InChI is InChI=1S/C19H31N3O2.2ClH/c1-4-21(5-2)13-14-24-18-10-8-16(9-11-18)19(23)22-12-6-7-17(15-22)20-3;;/h8-11,17,20H,4-7,12-15H2,1-3H3;2*1H. The van der Waals surface area contributed by atoms with Crippen LogP contribution in [-0.2, 0) is 0 Å². The van der Waals surface area contributed by atoms with Crippen LogP contribution < -0.4 is 10.1 Å². The molecule has 0 bridgehead atoms. The number of nitrogens with zero attached hydrogens (tertiary/aromatic N) is 2. The monoisotopic (exact) mass is 405 g/mol. The minimum Gasteiger partial charge on any atom is -0.492 e. The normalized spacial score (nSPS) is 16.6. The zero-order valence-corrected chi connectivity index (χ0v) is 17.7. The van der Waals surface area contributed by atoms with Gasteiger partial charge in [-0.3, -0.25) is 4.79 Å². The van der Waals surface area contributed by atoms with Gasteiger partial charge in [-0.15, -0.1) is 24.8 Å². The van der Waals surface area contributed by atoms with Crippen LogP contribution >= 0.6 is 24.8 Å². The number of nitrogens with one attached hydrogen (secondary N) is 1. The largest absolute Gasteiger partial charge is 0.492 e. The van der Waals surface area contributed by atoms with E-state index in [-0.39, 0.29) is 30.7 Å². The SMILES string of the molecule is CCN(CC)CCOc1ccc(C(=O)N2CCCC(NC)C2)cc1.Cl.Cl. The lowest BCUT2D eigenvalue weighted by atomic mass is 10.0. The molecule has 150 valence electrons. The van der Waals surface area contributed by atoms with Crippen molar-refractivity contribution < 1.29 is 9.53 Å². The molecular formula is C19H33Cl2N3O2. The van der Waals surface area contributed by atoms with Crippen molar-refractivity contribution in [2.75, 3.05) is 46.4 Å². The molecule has 1 aromatic rings. The van der Waals surface area contributed by atoms with Crippen LogP contribution in [0.5, 0.6) is 5.75 Å². The predicted octanol–water partition coefficient (Wildman–Crippen LogP) is 3.07. The van der Waals surface area contributed by atoms with Gasteiger partial charge in [-0.2, -0.15) is 0 Å². The highest BCUT2D eigenvalue weighted by Gasteiger charge is 2.23. The van der Waals surface area contributed by atoms with E-state index in [4.69, 9.17) is 4.74 Å². The van der Waals surface area contributed by atoms with Gasteiger partial charge in [-0.1, -0.05) is 13.8 Å². The zero-order valence-electron chi connectivity index (χ0n) is 16.1. The minimum absolute atomic E-state index is 0. The Bertz CT molecular complexity index is 510. The lowest BCUT2D eigenvalue weighted by molar-refractivity contribution is 0.0698. The van der Waals surface area contributed by atoms with Gasteiger partial charge in [0.2, 0.25) is 0 Å². The van der Waals surface area contributed by atoms with Crippen LogP contribution in [0.3, 0.4) is 0 Å². The molecule has 1 unspecified atom stereocenters. The first-order valence-corrected chi connectivity index (χ1v) is 9.09. The van der Waals surface area contributed by atoms with Crippen LogP contribution in [-0.4, -0.2) is 68.1 Å². The maximum absolute atomic E-state index is 12.6. The van der Waals surface area contributed by atoms with E-state index < -0.39 is 0 Å². The van der Waals surface area contributed by atoms with Gasteiger partial charge >= 0.3 is 0 Å². The van der Waals surface area contributed by atoms with E-state index in [2.05, 4.69) is 24.1 Å². The van der Waals surface area contributed by atoms with E-state index in [9.17, 15) is 4.79 Å². The molecule has 0 aliphatic carbocycles. The summed E-state index contributed by atoms with van der Waals surface area (Å²) in [7, 11) is 1.96. The van der Waals surface area contributed by atoms with Crippen LogP contribution in [0.25, 0.3) is 0 Å². The summed E-state index contributed by atoms with van der Waals surface area (Å²) in [6, 6.07) is 7.95. The van der Waals surface area contributed by atoms with E-state index in [1.165, 1.54) is 0 Å². The summed E-state index contributed by atoms with van der Waals surface area (Å²) >= 11 is 0. The maximum atomic E-state index is 12.6. The number of likely N-dealkylation sites (tertiary alicyclic amines) is 1. The second kappa shape index (κ2) is 13.2. The van der Waals surface area contributed by atoms with Gasteiger partial charge in [0.15, 0.2) is 0 Å². The Kier molecular flexibility index (Phi) is 12.7. The molecule has 0 saturated carbocycles. The molecule has 26 heavy (non-hydrogen) atoms. The van der Waals surface area contributed by atoms with Gasteiger partial charge in [0.25, 0.3) is 5.91 Å².